The summed E-state index contributed by atoms with van der Waals surface area (Å²) in [5.41, 5.74) is 1.04. The number of rotatable bonds is 4. The smallest absolute Gasteiger partial charge is 0.249 e. The molecule has 2 aliphatic rings. The molecule has 2 fully saturated rings. The Morgan fingerprint density at radius 2 is 2.28 bits per heavy atom. The van der Waals surface area contributed by atoms with E-state index in [1.54, 1.807) is 12.3 Å². The molecule has 1 atom stereocenters. The molecule has 1 saturated heterocycles. The van der Waals surface area contributed by atoms with E-state index in [1.807, 2.05) is 6.07 Å². The van der Waals surface area contributed by atoms with Gasteiger partial charge in [-0.3, -0.25) is 4.79 Å². The Bertz CT molecular complexity index is 452. The van der Waals surface area contributed by atoms with Crippen molar-refractivity contribution < 1.29 is 0 Å². The lowest BCUT2D eigenvalue weighted by molar-refractivity contribution is 0.416. The first-order chi connectivity index (χ1) is 8.81. The molecule has 18 heavy (non-hydrogen) atoms. The number of aromatic nitrogens is 1. The highest BCUT2D eigenvalue weighted by atomic mass is 16.1. The first-order valence-electron chi connectivity index (χ1n) is 6.98. The van der Waals surface area contributed by atoms with Crippen molar-refractivity contribution in [3.05, 3.63) is 28.7 Å². The number of pyridine rings is 1. The molecule has 0 spiro atoms. The summed E-state index contributed by atoms with van der Waals surface area (Å²) < 4.78 is 0. The molecular formula is C14H21N3O. The standard InChI is InChI=1S/C14H21N3O/c18-14-8-13(5-6-15-14)17-7-1-2-12(10-17)16-9-11-3-4-11/h5-6,8,11-12,16H,1-4,7,9-10H2,(H,15,18)/t12-/m1/s1. The van der Waals surface area contributed by atoms with E-state index < -0.39 is 0 Å². The van der Waals surface area contributed by atoms with E-state index in [1.165, 1.54) is 32.2 Å². The van der Waals surface area contributed by atoms with Crippen molar-refractivity contribution in [2.24, 2.45) is 5.92 Å². The van der Waals surface area contributed by atoms with Gasteiger partial charge in [-0.05, 0) is 44.2 Å². The first kappa shape index (κ1) is 11.8. The van der Waals surface area contributed by atoms with Crippen LogP contribution in [0.3, 0.4) is 0 Å². The molecule has 98 valence electrons. The van der Waals surface area contributed by atoms with Crippen LogP contribution in [0.1, 0.15) is 25.7 Å². The molecular weight excluding hydrogens is 226 g/mol. The summed E-state index contributed by atoms with van der Waals surface area (Å²) in [6, 6.07) is 4.27. The average molecular weight is 247 g/mol. The molecule has 2 N–H and O–H groups in total. The highest BCUT2D eigenvalue weighted by molar-refractivity contribution is 5.45. The van der Waals surface area contributed by atoms with Crippen LogP contribution in [-0.4, -0.2) is 30.7 Å². The molecule has 1 aliphatic heterocycles. The number of anilines is 1. The third kappa shape index (κ3) is 2.93. The average Bonchev–Trinajstić information content (AvgIpc) is 3.21. The zero-order chi connectivity index (χ0) is 12.4. The summed E-state index contributed by atoms with van der Waals surface area (Å²) in [5.74, 6) is 0.931. The quantitative estimate of drug-likeness (QED) is 0.844. The van der Waals surface area contributed by atoms with Gasteiger partial charge in [0.25, 0.3) is 0 Å². The second kappa shape index (κ2) is 5.14. The van der Waals surface area contributed by atoms with Crippen molar-refractivity contribution in [2.45, 2.75) is 31.7 Å². The van der Waals surface area contributed by atoms with E-state index in [9.17, 15) is 4.79 Å². The van der Waals surface area contributed by atoms with Gasteiger partial charge in [0.05, 0.1) is 0 Å². The van der Waals surface area contributed by atoms with E-state index in [4.69, 9.17) is 0 Å². The minimum Gasteiger partial charge on any atom is -0.370 e. The number of hydrogen-bond acceptors (Lipinski definition) is 3. The molecule has 4 nitrogen and oxygen atoms in total. The number of hydrogen-bond donors (Lipinski definition) is 2. The van der Waals surface area contributed by atoms with Crippen molar-refractivity contribution in [1.82, 2.24) is 10.3 Å². The van der Waals surface area contributed by atoms with Gasteiger partial charge in [0, 0.05) is 37.1 Å². The largest absolute Gasteiger partial charge is 0.370 e. The number of nitrogens with zero attached hydrogens (tertiary/aromatic N) is 1. The van der Waals surface area contributed by atoms with Gasteiger partial charge < -0.3 is 15.2 Å². The van der Waals surface area contributed by atoms with Crippen LogP contribution in [-0.2, 0) is 0 Å². The molecule has 1 aromatic heterocycles. The Labute approximate surface area is 107 Å². The third-order valence-electron chi connectivity index (χ3n) is 3.94. The van der Waals surface area contributed by atoms with Crippen molar-refractivity contribution in [3.63, 3.8) is 0 Å². The number of piperidine rings is 1. The molecule has 0 aromatic carbocycles. The van der Waals surface area contributed by atoms with Gasteiger partial charge in [0.1, 0.15) is 0 Å². The van der Waals surface area contributed by atoms with Crippen LogP contribution in [0.4, 0.5) is 5.69 Å². The van der Waals surface area contributed by atoms with Crippen LogP contribution in [0.25, 0.3) is 0 Å². The normalized spacial score (nSPS) is 24.2. The van der Waals surface area contributed by atoms with Crippen LogP contribution < -0.4 is 15.8 Å². The monoisotopic (exact) mass is 247 g/mol. The summed E-state index contributed by atoms with van der Waals surface area (Å²) in [6.07, 6.45) is 7.00. The molecule has 1 aliphatic carbocycles. The fraction of sp³-hybridized carbons (Fsp3) is 0.643. The lowest BCUT2D eigenvalue weighted by Gasteiger charge is -2.34. The molecule has 2 heterocycles. The van der Waals surface area contributed by atoms with Gasteiger partial charge >= 0.3 is 0 Å². The Kier molecular flexibility index (Phi) is 3.37. The van der Waals surface area contributed by atoms with Gasteiger partial charge in [-0.2, -0.15) is 0 Å². The predicted octanol–water partition coefficient (Wildman–Crippen LogP) is 1.34. The van der Waals surface area contributed by atoms with Gasteiger partial charge in [-0.1, -0.05) is 0 Å². The molecule has 0 unspecified atom stereocenters. The maximum atomic E-state index is 11.3. The van der Waals surface area contributed by atoms with Gasteiger partial charge in [-0.25, -0.2) is 0 Å². The topological polar surface area (TPSA) is 48.1 Å². The number of nitrogens with one attached hydrogen (secondary N) is 2. The van der Waals surface area contributed by atoms with E-state index in [-0.39, 0.29) is 5.56 Å². The second-order valence-electron chi connectivity index (χ2n) is 5.55. The summed E-state index contributed by atoms with van der Waals surface area (Å²) in [5, 5.41) is 3.67. The molecule has 3 rings (SSSR count). The Morgan fingerprint density at radius 1 is 1.39 bits per heavy atom. The van der Waals surface area contributed by atoms with Crippen LogP contribution in [0, 0.1) is 5.92 Å². The molecule has 4 heteroatoms. The highest BCUT2D eigenvalue weighted by Gasteiger charge is 2.24. The lowest BCUT2D eigenvalue weighted by Crippen LogP contribution is -2.46. The maximum absolute atomic E-state index is 11.3. The molecule has 0 bridgehead atoms. The van der Waals surface area contributed by atoms with Crippen molar-refractivity contribution in [2.75, 3.05) is 24.5 Å². The van der Waals surface area contributed by atoms with Gasteiger partial charge in [0.2, 0.25) is 5.56 Å². The second-order valence-corrected chi connectivity index (χ2v) is 5.55. The van der Waals surface area contributed by atoms with Crippen molar-refractivity contribution >= 4 is 5.69 Å². The lowest BCUT2D eigenvalue weighted by atomic mass is 10.0. The van der Waals surface area contributed by atoms with Crippen LogP contribution >= 0.6 is 0 Å². The van der Waals surface area contributed by atoms with Gasteiger partial charge in [0.15, 0.2) is 0 Å². The molecule has 1 aromatic rings. The maximum Gasteiger partial charge on any atom is 0.249 e. The number of H-pyrrole nitrogens is 1. The van der Waals surface area contributed by atoms with E-state index in [0.29, 0.717) is 6.04 Å². The minimum absolute atomic E-state index is 0.0134. The fourth-order valence-electron chi connectivity index (χ4n) is 2.66. The van der Waals surface area contributed by atoms with Crippen molar-refractivity contribution in [1.29, 1.82) is 0 Å². The van der Waals surface area contributed by atoms with Crippen LogP contribution in [0.5, 0.6) is 0 Å². The SMILES string of the molecule is O=c1cc(N2CCC[C@@H](NCC3CC3)C2)cc[nH]1. The summed E-state index contributed by atoms with van der Waals surface area (Å²) >= 11 is 0. The molecule has 0 radical (unpaired) electrons. The highest BCUT2D eigenvalue weighted by Crippen LogP contribution is 2.28. The molecule has 0 amide bonds. The Hall–Kier alpha value is -1.29. The minimum atomic E-state index is -0.0134. The Morgan fingerprint density at radius 3 is 3.06 bits per heavy atom. The zero-order valence-corrected chi connectivity index (χ0v) is 10.7. The first-order valence-corrected chi connectivity index (χ1v) is 6.98. The fourth-order valence-corrected chi connectivity index (χ4v) is 2.66. The van der Waals surface area contributed by atoms with E-state index in [2.05, 4.69) is 15.2 Å². The zero-order valence-electron chi connectivity index (χ0n) is 10.7. The third-order valence-corrected chi connectivity index (χ3v) is 3.94. The van der Waals surface area contributed by atoms with E-state index in [0.717, 1.165) is 24.7 Å². The summed E-state index contributed by atoms with van der Waals surface area (Å²) in [4.78, 5) is 16.3. The summed E-state index contributed by atoms with van der Waals surface area (Å²) in [6.45, 7) is 3.26. The van der Waals surface area contributed by atoms with Gasteiger partial charge in [-0.15, -0.1) is 0 Å². The van der Waals surface area contributed by atoms with Crippen LogP contribution in [0.15, 0.2) is 23.1 Å². The Balaban J connectivity index is 1.60. The predicted molar refractivity (Wildman–Crippen MR) is 73.0 cm³/mol. The van der Waals surface area contributed by atoms with Crippen molar-refractivity contribution in [3.8, 4) is 0 Å². The van der Waals surface area contributed by atoms with E-state index >= 15 is 0 Å². The summed E-state index contributed by atoms with van der Waals surface area (Å²) in [7, 11) is 0. The number of aromatic amines is 1. The van der Waals surface area contributed by atoms with Crippen LogP contribution in [0.2, 0.25) is 0 Å². The molecule has 1 saturated carbocycles.